The summed E-state index contributed by atoms with van der Waals surface area (Å²) >= 11 is 6.03. The topological polar surface area (TPSA) is 70.2 Å². The van der Waals surface area contributed by atoms with Crippen molar-refractivity contribution in [2.45, 2.75) is 0 Å². The van der Waals surface area contributed by atoms with Crippen LogP contribution in [0.2, 0.25) is 5.02 Å². The summed E-state index contributed by atoms with van der Waals surface area (Å²) < 4.78 is 12.1. The molecule has 6 nitrogen and oxygen atoms in total. The second-order valence-corrected chi connectivity index (χ2v) is 4.58. The molecule has 2 heterocycles. The highest BCUT2D eigenvalue weighted by Crippen LogP contribution is 2.31. The Kier molecular flexibility index (Phi) is 3.45. The number of furan rings is 1. The lowest BCUT2D eigenvalue weighted by Crippen LogP contribution is -2.02. The zero-order valence-corrected chi connectivity index (χ0v) is 11.7. The van der Waals surface area contributed by atoms with E-state index in [1.807, 2.05) is 0 Å². The van der Waals surface area contributed by atoms with Gasteiger partial charge in [-0.3, -0.25) is 4.79 Å². The molecule has 0 fully saturated rings. The molecule has 3 aromatic rings. The van der Waals surface area contributed by atoms with Crippen molar-refractivity contribution in [1.29, 1.82) is 0 Å². The summed E-state index contributed by atoms with van der Waals surface area (Å²) in [4.78, 5) is 11.2. The Morgan fingerprint density at radius 3 is 2.90 bits per heavy atom. The van der Waals surface area contributed by atoms with Crippen LogP contribution in [0.4, 0.5) is 0 Å². The molecule has 3 rings (SSSR count). The first kappa shape index (κ1) is 13.4. The minimum atomic E-state index is 0.173. The van der Waals surface area contributed by atoms with E-state index in [2.05, 4.69) is 10.3 Å². The molecule has 0 aliphatic rings. The average molecular weight is 304 g/mol. The summed E-state index contributed by atoms with van der Waals surface area (Å²) in [6, 6.07) is 8.53. The molecule has 0 amide bonds. The zero-order chi connectivity index (χ0) is 14.8. The van der Waals surface area contributed by atoms with Crippen molar-refractivity contribution in [3.05, 3.63) is 47.3 Å². The maximum Gasteiger partial charge on any atom is 0.172 e. The first-order chi connectivity index (χ1) is 10.2. The number of aldehydes is 1. The van der Waals surface area contributed by atoms with Gasteiger partial charge in [0.25, 0.3) is 0 Å². The second-order valence-electron chi connectivity index (χ2n) is 4.15. The highest BCUT2D eigenvalue weighted by molar-refractivity contribution is 6.30. The molecule has 21 heavy (non-hydrogen) atoms. The molecule has 0 saturated carbocycles. The fourth-order valence-corrected chi connectivity index (χ4v) is 2.18. The first-order valence-electron chi connectivity index (χ1n) is 6.03. The normalized spacial score (nSPS) is 10.6. The third-order valence-corrected chi connectivity index (χ3v) is 3.17. The van der Waals surface area contributed by atoms with Crippen LogP contribution in [0.1, 0.15) is 10.5 Å². The van der Waals surface area contributed by atoms with Crippen molar-refractivity contribution in [3.8, 4) is 22.9 Å². The van der Waals surface area contributed by atoms with Crippen LogP contribution in [0.3, 0.4) is 0 Å². The number of nitrogens with zero attached hydrogens (tertiary/aromatic N) is 3. The summed E-state index contributed by atoms with van der Waals surface area (Å²) in [5.41, 5.74) is 1.18. The van der Waals surface area contributed by atoms with E-state index in [0.29, 0.717) is 34.2 Å². The smallest absolute Gasteiger partial charge is 0.172 e. The second kappa shape index (κ2) is 5.41. The van der Waals surface area contributed by atoms with Crippen LogP contribution in [-0.2, 0) is 0 Å². The molecule has 106 valence electrons. The summed E-state index contributed by atoms with van der Waals surface area (Å²) in [5, 5.41) is 8.37. The monoisotopic (exact) mass is 303 g/mol. The van der Waals surface area contributed by atoms with Crippen molar-refractivity contribution >= 4 is 17.9 Å². The number of hydrogen-bond acceptors (Lipinski definition) is 5. The quantitative estimate of drug-likeness (QED) is 0.693. The van der Waals surface area contributed by atoms with Crippen LogP contribution in [0.15, 0.2) is 41.0 Å². The van der Waals surface area contributed by atoms with E-state index < -0.39 is 0 Å². The molecule has 0 aliphatic heterocycles. The van der Waals surface area contributed by atoms with E-state index in [-0.39, 0.29) is 5.69 Å². The van der Waals surface area contributed by atoms with Gasteiger partial charge in [0.1, 0.15) is 17.1 Å². The largest absolute Gasteiger partial charge is 0.494 e. The minimum absolute atomic E-state index is 0.173. The highest BCUT2D eigenvalue weighted by Gasteiger charge is 2.20. The van der Waals surface area contributed by atoms with E-state index in [0.717, 1.165) is 0 Å². The Balaban J connectivity index is 2.27. The lowest BCUT2D eigenvalue weighted by molar-refractivity contribution is 0.111. The molecule has 0 atom stereocenters. The van der Waals surface area contributed by atoms with Gasteiger partial charge < -0.3 is 9.15 Å². The van der Waals surface area contributed by atoms with Gasteiger partial charge in [0.2, 0.25) is 0 Å². The number of aromatic nitrogens is 3. The summed E-state index contributed by atoms with van der Waals surface area (Å²) in [6.45, 7) is 0. The van der Waals surface area contributed by atoms with Crippen molar-refractivity contribution in [1.82, 2.24) is 15.0 Å². The number of methoxy groups -OCH3 is 1. The van der Waals surface area contributed by atoms with Gasteiger partial charge in [0.05, 0.1) is 13.4 Å². The molecular weight excluding hydrogens is 294 g/mol. The van der Waals surface area contributed by atoms with E-state index in [9.17, 15) is 4.79 Å². The van der Waals surface area contributed by atoms with E-state index >= 15 is 0 Å². The predicted octanol–water partition coefficient (Wildman–Crippen LogP) is 3.00. The van der Waals surface area contributed by atoms with Crippen LogP contribution in [0.25, 0.3) is 17.1 Å². The number of benzene rings is 1. The van der Waals surface area contributed by atoms with Crippen molar-refractivity contribution in [3.63, 3.8) is 0 Å². The Labute approximate surface area is 124 Å². The van der Waals surface area contributed by atoms with Crippen molar-refractivity contribution < 1.29 is 13.9 Å². The number of carbonyl (C=O) groups is 1. The number of halogens is 1. The van der Waals surface area contributed by atoms with Gasteiger partial charge in [-0.2, -0.15) is 0 Å². The fraction of sp³-hybridized carbons (Fsp3) is 0.0714. The fourth-order valence-electron chi connectivity index (χ4n) is 2.01. The summed E-state index contributed by atoms with van der Waals surface area (Å²) in [6.07, 6.45) is 2.13. The standard InChI is InChI=1S/C14H10ClN3O3/c1-20-12-5-4-9(15)7-11(12)18-14(10(8-19)16-17-18)13-3-2-6-21-13/h2-8H,1H3. The van der Waals surface area contributed by atoms with Gasteiger partial charge in [0, 0.05) is 5.02 Å². The minimum Gasteiger partial charge on any atom is -0.494 e. The molecule has 0 aliphatic carbocycles. The Morgan fingerprint density at radius 1 is 1.38 bits per heavy atom. The van der Waals surface area contributed by atoms with Gasteiger partial charge in [-0.05, 0) is 30.3 Å². The number of rotatable bonds is 4. The lowest BCUT2D eigenvalue weighted by Gasteiger charge is -2.10. The maximum absolute atomic E-state index is 11.2. The van der Waals surface area contributed by atoms with E-state index in [1.165, 1.54) is 18.1 Å². The zero-order valence-electron chi connectivity index (χ0n) is 11.0. The Morgan fingerprint density at radius 2 is 2.24 bits per heavy atom. The highest BCUT2D eigenvalue weighted by atomic mass is 35.5. The maximum atomic E-state index is 11.2. The van der Waals surface area contributed by atoms with Crippen molar-refractivity contribution in [2.75, 3.05) is 7.11 Å². The van der Waals surface area contributed by atoms with E-state index in [1.54, 1.807) is 30.3 Å². The SMILES string of the molecule is COc1ccc(Cl)cc1-n1nnc(C=O)c1-c1ccco1. The number of hydrogen-bond donors (Lipinski definition) is 0. The molecule has 0 saturated heterocycles. The molecule has 0 radical (unpaired) electrons. The third kappa shape index (κ3) is 2.30. The van der Waals surface area contributed by atoms with Crippen LogP contribution < -0.4 is 4.74 Å². The number of carbonyl (C=O) groups excluding carboxylic acids is 1. The molecule has 0 N–H and O–H groups in total. The van der Waals surface area contributed by atoms with E-state index in [4.69, 9.17) is 20.8 Å². The van der Waals surface area contributed by atoms with Crippen LogP contribution >= 0.6 is 11.6 Å². The van der Waals surface area contributed by atoms with Crippen molar-refractivity contribution in [2.24, 2.45) is 0 Å². The molecule has 0 unspecified atom stereocenters. The van der Waals surface area contributed by atoms with Crippen LogP contribution in [0, 0.1) is 0 Å². The average Bonchev–Trinajstić information content (AvgIpc) is 3.15. The predicted molar refractivity (Wildman–Crippen MR) is 76.0 cm³/mol. The van der Waals surface area contributed by atoms with Gasteiger partial charge in [-0.25, -0.2) is 4.68 Å². The Hall–Kier alpha value is -2.60. The lowest BCUT2D eigenvalue weighted by atomic mass is 10.2. The first-order valence-corrected chi connectivity index (χ1v) is 6.41. The molecular formula is C14H10ClN3O3. The van der Waals surface area contributed by atoms with Gasteiger partial charge in [0.15, 0.2) is 17.7 Å². The van der Waals surface area contributed by atoms with Gasteiger partial charge in [-0.15, -0.1) is 5.10 Å². The number of ether oxygens (including phenoxy) is 1. The Bertz CT molecular complexity index is 781. The summed E-state index contributed by atoms with van der Waals surface area (Å²) in [7, 11) is 1.54. The van der Waals surface area contributed by atoms with Gasteiger partial charge >= 0.3 is 0 Å². The summed E-state index contributed by atoms with van der Waals surface area (Å²) in [5.74, 6) is 1.03. The molecule has 7 heteroatoms. The van der Waals surface area contributed by atoms with Gasteiger partial charge in [-0.1, -0.05) is 16.8 Å². The molecule has 0 spiro atoms. The third-order valence-electron chi connectivity index (χ3n) is 2.93. The molecule has 1 aromatic carbocycles. The molecule has 2 aromatic heterocycles. The van der Waals surface area contributed by atoms with Crippen LogP contribution in [-0.4, -0.2) is 28.4 Å². The van der Waals surface area contributed by atoms with Crippen LogP contribution in [0.5, 0.6) is 5.75 Å². The molecule has 0 bridgehead atoms.